The Morgan fingerprint density at radius 3 is 2.88 bits per heavy atom. The van der Waals surface area contributed by atoms with E-state index in [0.717, 1.165) is 11.1 Å². The fourth-order valence-corrected chi connectivity index (χ4v) is 2.27. The van der Waals surface area contributed by atoms with E-state index in [4.69, 9.17) is 9.15 Å². The second-order valence-electron chi connectivity index (χ2n) is 5.23. The number of rotatable bonds is 4. The minimum Gasteiger partial charge on any atom is -0.459 e. The molecule has 0 bridgehead atoms. The summed E-state index contributed by atoms with van der Waals surface area (Å²) >= 11 is 0. The molecule has 0 radical (unpaired) electrons. The Hall–Kier alpha value is -3.49. The van der Waals surface area contributed by atoms with Gasteiger partial charge in [-0.15, -0.1) is 0 Å². The third-order valence-corrected chi connectivity index (χ3v) is 3.43. The van der Waals surface area contributed by atoms with Crippen molar-refractivity contribution in [1.82, 2.24) is 20.1 Å². The van der Waals surface area contributed by atoms with Gasteiger partial charge in [-0.25, -0.2) is 9.78 Å². The molecule has 0 aliphatic heterocycles. The van der Waals surface area contributed by atoms with E-state index in [9.17, 15) is 14.4 Å². The van der Waals surface area contributed by atoms with Crippen molar-refractivity contribution < 1.29 is 23.5 Å². The lowest BCUT2D eigenvalue weighted by Crippen LogP contribution is -2.34. The number of nitrogens with zero attached hydrogens (tertiary/aromatic N) is 3. The number of carbonyl (C=O) groups excluding carboxylic acids is 3. The Kier molecular flexibility index (Phi) is 4.29. The number of furan rings is 1. The van der Waals surface area contributed by atoms with Crippen molar-refractivity contribution in [2.45, 2.75) is 6.92 Å². The molecule has 3 aromatic heterocycles. The molecular weight excluding hydrogens is 328 g/mol. The Morgan fingerprint density at radius 1 is 1.36 bits per heavy atom. The molecular formula is C16H14N4O5. The molecule has 0 saturated heterocycles. The van der Waals surface area contributed by atoms with Crippen molar-refractivity contribution in [3.8, 4) is 0 Å². The number of aryl methyl sites for hydroxylation is 2. The lowest BCUT2D eigenvalue weighted by molar-refractivity contribution is -0.123. The quantitative estimate of drug-likeness (QED) is 0.703. The number of amides is 2. The summed E-state index contributed by atoms with van der Waals surface area (Å²) in [7, 11) is 1.75. The lowest BCUT2D eigenvalue weighted by Gasteiger charge is -2.05. The van der Waals surface area contributed by atoms with E-state index in [0.29, 0.717) is 5.65 Å². The highest BCUT2D eigenvalue weighted by Crippen LogP contribution is 2.16. The van der Waals surface area contributed by atoms with Crippen molar-refractivity contribution in [2.75, 3.05) is 6.61 Å². The summed E-state index contributed by atoms with van der Waals surface area (Å²) in [5.41, 5.74) is 1.55. The molecule has 0 aromatic carbocycles. The second-order valence-corrected chi connectivity index (χ2v) is 5.23. The van der Waals surface area contributed by atoms with Crippen molar-refractivity contribution in [3.05, 3.63) is 47.7 Å². The van der Waals surface area contributed by atoms with Gasteiger partial charge in [0.05, 0.1) is 17.5 Å². The summed E-state index contributed by atoms with van der Waals surface area (Å²) < 4.78 is 11.4. The third-order valence-electron chi connectivity index (χ3n) is 3.43. The van der Waals surface area contributed by atoms with Crippen molar-refractivity contribution in [3.63, 3.8) is 0 Å². The van der Waals surface area contributed by atoms with E-state index in [2.05, 4.69) is 15.4 Å². The van der Waals surface area contributed by atoms with Crippen LogP contribution >= 0.6 is 0 Å². The van der Waals surface area contributed by atoms with Crippen LogP contribution in [0.2, 0.25) is 0 Å². The van der Waals surface area contributed by atoms with Crippen LogP contribution in [-0.4, -0.2) is 39.2 Å². The smallest absolute Gasteiger partial charge is 0.340 e. The zero-order valence-electron chi connectivity index (χ0n) is 13.5. The van der Waals surface area contributed by atoms with Crippen molar-refractivity contribution >= 4 is 28.8 Å². The Balaban J connectivity index is 1.61. The summed E-state index contributed by atoms with van der Waals surface area (Å²) in [4.78, 5) is 39.5. The standard InChI is InChI=1S/C16H14N4O5/c1-9-11-6-10(7-17-14(11)20(2)19-9)16(23)25-8-13(21)18-15(22)12-4-3-5-24-12/h3-7H,8H2,1-2H3,(H,18,21,22). The van der Waals surface area contributed by atoms with Gasteiger partial charge in [-0.3, -0.25) is 19.6 Å². The van der Waals surface area contributed by atoms with Crippen LogP contribution in [0.15, 0.2) is 35.1 Å². The van der Waals surface area contributed by atoms with E-state index >= 15 is 0 Å². The van der Waals surface area contributed by atoms with E-state index in [1.165, 1.54) is 24.6 Å². The molecule has 0 aliphatic rings. The Labute approximate surface area is 141 Å². The number of hydrogen-bond acceptors (Lipinski definition) is 7. The van der Waals surface area contributed by atoms with Crippen LogP contribution < -0.4 is 5.32 Å². The van der Waals surface area contributed by atoms with Crippen molar-refractivity contribution in [1.29, 1.82) is 0 Å². The Morgan fingerprint density at radius 2 is 2.16 bits per heavy atom. The van der Waals surface area contributed by atoms with Crippen LogP contribution in [0.1, 0.15) is 26.6 Å². The van der Waals surface area contributed by atoms with Crippen LogP contribution in [-0.2, 0) is 16.6 Å². The fourth-order valence-electron chi connectivity index (χ4n) is 2.27. The summed E-state index contributed by atoms with van der Waals surface area (Å²) in [6, 6.07) is 4.52. The summed E-state index contributed by atoms with van der Waals surface area (Å²) in [5.74, 6) is -2.21. The van der Waals surface area contributed by atoms with Crippen LogP contribution in [0.4, 0.5) is 0 Å². The first kappa shape index (κ1) is 16.4. The van der Waals surface area contributed by atoms with E-state index < -0.39 is 24.4 Å². The monoisotopic (exact) mass is 342 g/mol. The molecule has 9 nitrogen and oxygen atoms in total. The number of ether oxygens (including phenoxy) is 1. The molecule has 1 N–H and O–H groups in total. The van der Waals surface area contributed by atoms with Gasteiger partial charge in [-0.2, -0.15) is 5.10 Å². The van der Waals surface area contributed by atoms with Gasteiger partial charge in [0.2, 0.25) is 0 Å². The predicted molar refractivity (Wildman–Crippen MR) is 84.7 cm³/mol. The van der Waals surface area contributed by atoms with E-state index in [1.807, 2.05) is 0 Å². The van der Waals surface area contributed by atoms with Gasteiger partial charge in [0.15, 0.2) is 18.0 Å². The maximum Gasteiger partial charge on any atom is 0.340 e. The zero-order chi connectivity index (χ0) is 18.0. The minimum absolute atomic E-state index is 0.0126. The first-order valence-electron chi connectivity index (χ1n) is 7.30. The molecule has 3 rings (SSSR count). The average Bonchev–Trinajstić information content (AvgIpc) is 3.22. The third kappa shape index (κ3) is 3.39. The number of carbonyl (C=O) groups is 3. The lowest BCUT2D eigenvalue weighted by atomic mass is 10.2. The number of hydrogen-bond donors (Lipinski definition) is 1. The van der Waals surface area contributed by atoms with Crippen LogP contribution in [0.5, 0.6) is 0 Å². The topological polar surface area (TPSA) is 116 Å². The second kappa shape index (κ2) is 6.56. The maximum atomic E-state index is 12.1. The first-order chi connectivity index (χ1) is 12.0. The molecule has 3 aromatic rings. The average molecular weight is 342 g/mol. The van der Waals surface area contributed by atoms with Gasteiger partial charge in [-0.1, -0.05) is 0 Å². The number of esters is 1. The fraction of sp³-hybridized carbons (Fsp3) is 0.188. The molecule has 0 spiro atoms. The maximum absolute atomic E-state index is 12.1. The molecule has 128 valence electrons. The molecule has 0 fully saturated rings. The number of aromatic nitrogens is 3. The van der Waals surface area contributed by atoms with Gasteiger partial charge in [0.25, 0.3) is 11.8 Å². The molecule has 25 heavy (non-hydrogen) atoms. The number of fused-ring (bicyclic) bond motifs is 1. The highest BCUT2D eigenvalue weighted by molar-refractivity contribution is 6.04. The molecule has 2 amide bonds. The largest absolute Gasteiger partial charge is 0.459 e. The molecule has 3 heterocycles. The SMILES string of the molecule is Cc1nn(C)c2ncc(C(=O)OCC(=O)NC(=O)c3ccco3)cc12. The van der Waals surface area contributed by atoms with Gasteiger partial charge < -0.3 is 9.15 Å². The minimum atomic E-state index is -0.763. The van der Waals surface area contributed by atoms with Crippen LogP contribution in [0.3, 0.4) is 0 Å². The zero-order valence-corrected chi connectivity index (χ0v) is 13.5. The number of nitrogens with one attached hydrogen (secondary N) is 1. The highest BCUT2D eigenvalue weighted by Gasteiger charge is 2.16. The predicted octanol–water partition coefficient (Wildman–Crippen LogP) is 0.983. The van der Waals surface area contributed by atoms with Gasteiger partial charge in [0.1, 0.15) is 0 Å². The van der Waals surface area contributed by atoms with Gasteiger partial charge in [-0.05, 0) is 25.1 Å². The Bertz CT molecular complexity index is 958. The summed E-state index contributed by atoms with van der Waals surface area (Å²) in [6.07, 6.45) is 2.65. The summed E-state index contributed by atoms with van der Waals surface area (Å²) in [6.45, 7) is 1.20. The van der Waals surface area contributed by atoms with Crippen LogP contribution in [0.25, 0.3) is 11.0 Å². The van der Waals surface area contributed by atoms with E-state index in [1.54, 1.807) is 24.7 Å². The molecule has 0 aliphatic carbocycles. The van der Waals surface area contributed by atoms with Crippen molar-refractivity contribution in [2.24, 2.45) is 7.05 Å². The van der Waals surface area contributed by atoms with E-state index in [-0.39, 0.29) is 11.3 Å². The highest BCUT2D eigenvalue weighted by atomic mass is 16.5. The van der Waals surface area contributed by atoms with Gasteiger partial charge in [0, 0.05) is 18.6 Å². The van der Waals surface area contributed by atoms with Gasteiger partial charge >= 0.3 is 5.97 Å². The summed E-state index contributed by atoms with van der Waals surface area (Å²) in [5, 5.41) is 6.98. The number of imide groups is 1. The normalized spacial score (nSPS) is 10.6. The molecule has 9 heteroatoms. The molecule has 0 atom stereocenters. The molecule has 0 unspecified atom stereocenters. The number of pyridine rings is 1. The first-order valence-corrected chi connectivity index (χ1v) is 7.30. The van der Waals surface area contributed by atoms with Crippen LogP contribution in [0, 0.1) is 6.92 Å². The molecule has 0 saturated carbocycles.